The number of pyridine rings is 1. The van der Waals surface area contributed by atoms with Crippen LogP contribution in [0.25, 0.3) is 0 Å². The number of benzene rings is 2. The van der Waals surface area contributed by atoms with Crippen LogP contribution in [-0.4, -0.2) is 10.3 Å². The number of hydrogen-bond acceptors (Lipinski definition) is 3. The molecule has 1 saturated heterocycles. The van der Waals surface area contributed by atoms with E-state index in [0.29, 0.717) is 12.1 Å². The third-order valence-corrected chi connectivity index (χ3v) is 6.02. The van der Waals surface area contributed by atoms with Gasteiger partial charge in [-0.1, -0.05) is 95.5 Å². The summed E-state index contributed by atoms with van der Waals surface area (Å²) in [6, 6.07) is 25.6. The monoisotopic (exact) mass is 475 g/mol. The Morgan fingerprint density at radius 2 is 1.45 bits per heavy atom. The van der Waals surface area contributed by atoms with Crippen LogP contribution in [0, 0.1) is 11.1 Å². The van der Waals surface area contributed by atoms with Gasteiger partial charge in [0.2, 0.25) is 11.3 Å². The highest BCUT2D eigenvalue weighted by Gasteiger charge is 2.71. The molecule has 7 heteroatoms. The Kier molecular flexibility index (Phi) is 6.42. The van der Waals surface area contributed by atoms with E-state index in [0.717, 1.165) is 10.3 Å². The fraction of sp³-hybridized carbons (Fsp3) is 0.250. The zero-order valence-electron chi connectivity index (χ0n) is 16.4. The number of esters is 1. The summed E-state index contributed by atoms with van der Waals surface area (Å²) in [4.78, 5) is 12.6. The number of carbonyl (C=O) groups is 1. The lowest BCUT2D eigenvalue weighted by atomic mass is 9.74. The van der Waals surface area contributed by atoms with Crippen LogP contribution in [-0.2, 0) is 15.1 Å². The van der Waals surface area contributed by atoms with Gasteiger partial charge in [-0.05, 0) is 23.1 Å². The molecule has 0 amide bonds. The zero-order chi connectivity index (χ0) is 22.0. The Labute approximate surface area is 195 Å². The van der Waals surface area contributed by atoms with E-state index in [-0.39, 0.29) is 23.7 Å². The minimum Gasteiger partial charge on any atom is -0.618 e. The van der Waals surface area contributed by atoms with Gasteiger partial charge in [-0.3, -0.25) is 4.79 Å². The number of aromatic nitrogens is 1. The molecule has 2 aromatic carbocycles. The lowest BCUT2D eigenvalue weighted by Gasteiger charge is -2.42. The molecule has 1 aliphatic carbocycles. The van der Waals surface area contributed by atoms with Crippen LogP contribution in [0.15, 0.2) is 85.1 Å². The van der Waals surface area contributed by atoms with Gasteiger partial charge in [0.05, 0.1) is 0 Å². The van der Waals surface area contributed by atoms with Crippen LogP contribution in [0.2, 0.25) is 0 Å². The number of hydrogen-bond donors (Lipinski definition) is 0. The molecule has 0 N–H and O–H groups in total. The van der Waals surface area contributed by atoms with Crippen molar-refractivity contribution in [2.75, 3.05) is 0 Å². The van der Waals surface area contributed by atoms with Gasteiger partial charge in [0, 0.05) is 24.5 Å². The van der Waals surface area contributed by atoms with Gasteiger partial charge < -0.3 is 9.94 Å². The Hall–Kier alpha value is -2.27. The number of fused-ring (bicyclic) bond motifs is 1. The molecule has 4 nitrogen and oxygen atoms in total. The number of alkyl halides is 3. The minimum atomic E-state index is -0.860. The van der Waals surface area contributed by atoms with Gasteiger partial charge in [-0.15, -0.1) is 0 Å². The zero-order valence-corrected chi connectivity index (χ0v) is 18.7. The Balaban J connectivity index is 0.000000535. The molecule has 3 aromatic rings. The maximum Gasteiger partial charge on any atom is 0.315 e. The summed E-state index contributed by atoms with van der Waals surface area (Å²) in [5, 5.41) is 12.5. The molecule has 2 fully saturated rings. The van der Waals surface area contributed by atoms with Gasteiger partial charge in [-0.25, -0.2) is 0 Å². The average molecular weight is 477 g/mol. The molecule has 31 heavy (non-hydrogen) atoms. The van der Waals surface area contributed by atoms with Crippen molar-refractivity contribution in [3.63, 3.8) is 0 Å². The van der Waals surface area contributed by atoms with Gasteiger partial charge in [0.1, 0.15) is 5.92 Å². The third kappa shape index (κ3) is 4.12. The summed E-state index contributed by atoms with van der Waals surface area (Å²) in [5.74, 6) is -0.487. The average Bonchev–Trinajstić information content (AvgIpc) is 3.04. The first-order chi connectivity index (χ1) is 14.9. The fourth-order valence-electron chi connectivity index (χ4n) is 4.93. The molecular formula is C24H20Cl3NO3. The predicted octanol–water partition coefficient (Wildman–Crippen LogP) is 5.65. The van der Waals surface area contributed by atoms with Gasteiger partial charge >= 0.3 is 5.97 Å². The van der Waals surface area contributed by atoms with Crippen molar-refractivity contribution in [1.82, 2.24) is 0 Å². The Morgan fingerprint density at radius 3 is 2.00 bits per heavy atom. The molecule has 0 unspecified atom stereocenters. The van der Waals surface area contributed by atoms with Gasteiger partial charge in [-0.2, -0.15) is 4.73 Å². The standard InChI is InChI=1S/C23H19NO3.CHCl3/c25-22-21-20(17-11-5-2-6-12-17)18(16-9-3-1-4-10-16)15-23(21,27-22)19-13-7-8-14-24(19)26;2-1(3)4/h1-14,18,20-21H,15H2;1H/t18-,20-,21+,23-;/m0./s1. The molecule has 160 valence electrons. The second-order valence-electron chi connectivity index (χ2n) is 7.61. The van der Waals surface area contributed by atoms with Crippen molar-refractivity contribution < 1.29 is 14.3 Å². The number of halogens is 3. The van der Waals surface area contributed by atoms with E-state index in [9.17, 15) is 10.0 Å². The van der Waals surface area contributed by atoms with E-state index >= 15 is 0 Å². The number of nitrogens with zero attached hydrogens (tertiary/aromatic N) is 1. The first-order valence-corrected chi connectivity index (χ1v) is 11.2. The molecule has 2 heterocycles. The summed E-state index contributed by atoms with van der Waals surface area (Å²) in [6.45, 7) is 0. The summed E-state index contributed by atoms with van der Waals surface area (Å²) >= 11 is 14.4. The van der Waals surface area contributed by atoms with Crippen LogP contribution in [0.1, 0.15) is 35.1 Å². The molecule has 5 rings (SSSR count). The highest BCUT2D eigenvalue weighted by molar-refractivity contribution is 6.63. The molecule has 1 saturated carbocycles. The SMILES string of the molecule is ClC(Cl)Cl.O=C1O[C@]2(c3cccc[n+]3[O-])C[C@@H](c3ccccc3)[C@H](c3ccccc3)[C@H]12. The summed E-state index contributed by atoms with van der Waals surface area (Å²) < 4.78 is 5.85. The van der Waals surface area contributed by atoms with E-state index in [1.807, 2.05) is 42.5 Å². The molecule has 4 atom stereocenters. The van der Waals surface area contributed by atoms with Crippen molar-refractivity contribution in [3.05, 3.63) is 107 Å². The molecule has 0 bridgehead atoms. The largest absolute Gasteiger partial charge is 0.618 e. The highest BCUT2D eigenvalue weighted by Crippen LogP contribution is 2.64. The molecular weight excluding hydrogens is 457 g/mol. The molecule has 0 spiro atoms. The van der Waals surface area contributed by atoms with E-state index in [1.165, 1.54) is 11.8 Å². The lowest BCUT2D eigenvalue weighted by molar-refractivity contribution is -0.625. The molecule has 0 radical (unpaired) electrons. The van der Waals surface area contributed by atoms with Crippen LogP contribution in [0.3, 0.4) is 0 Å². The topological polar surface area (TPSA) is 53.2 Å². The van der Waals surface area contributed by atoms with E-state index in [4.69, 9.17) is 39.5 Å². The number of carbonyl (C=O) groups excluding carboxylic acids is 1. The van der Waals surface area contributed by atoms with Crippen molar-refractivity contribution in [2.24, 2.45) is 5.92 Å². The quantitative estimate of drug-likeness (QED) is 0.212. The Bertz CT molecular complexity index is 1050. The van der Waals surface area contributed by atoms with Crippen molar-refractivity contribution in [3.8, 4) is 0 Å². The maximum atomic E-state index is 12.6. The van der Waals surface area contributed by atoms with Crippen LogP contribution < -0.4 is 4.73 Å². The normalized spacial score (nSPS) is 26.3. The first-order valence-electron chi connectivity index (χ1n) is 9.87. The van der Waals surface area contributed by atoms with Crippen molar-refractivity contribution in [1.29, 1.82) is 0 Å². The predicted molar refractivity (Wildman–Crippen MR) is 121 cm³/mol. The van der Waals surface area contributed by atoms with E-state index in [1.54, 1.807) is 12.1 Å². The minimum absolute atomic E-state index is 0.0185. The summed E-state index contributed by atoms with van der Waals surface area (Å²) in [6.07, 6.45) is 2.08. The molecule has 2 aliphatic rings. The van der Waals surface area contributed by atoms with Crippen LogP contribution in [0.4, 0.5) is 0 Å². The number of rotatable bonds is 3. The lowest BCUT2D eigenvalue weighted by Crippen LogP contribution is -2.57. The Morgan fingerprint density at radius 1 is 0.903 bits per heavy atom. The summed E-state index contributed by atoms with van der Waals surface area (Å²) in [7, 11) is 0. The molecule has 1 aliphatic heterocycles. The fourth-order valence-corrected chi connectivity index (χ4v) is 4.93. The highest BCUT2D eigenvalue weighted by atomic mass is 35.6. The maximum absolute atomic E-state index is 12.6. The van der Waals surface area contributed by atoms with Crippen LogP contribution in [0.5, 0.6) is 0 Å². The second-order valence-corrected chi connectivity index (χ2v) is 9.58. The first kappa shape index (κ1) is 21.9. The number of ether oxygens (including phenoxy) is 1. The van der Waals surface area contributed by atoms with E-state index in [2.05, 4.69) is 24.3 Å². The van der Waals surface area contributed by atoms with E-state index < -0.39 is 9.90 Å². The smallest absolute Gasteiger partial charge is 0.315 e. The van der Waals surface area contributed by atoms with Crippen LogP contribution >= 0.6 is 34.8 Å². The third-order valence-electron chi connectivity index (χ3n) is 6.02. The van der Waals surface area contributed by atoms with Gasteiger partial charge in [0.15, 0.2) is 10.5 Å². The second kappa shape index (κ2) is 9.07. The van der Waals surface area contributed by atoms with Crippen molar-refractivity contribution >= 4 is 40.8 Å². The van der Waals surface area contributed by atoms with Gasteiger partial charge in [0.25, 0.3) is 0 Å². The summed E-state index contributed by atoms with van der Waals surface area (Å²) in [5.41, 5.74) is 1.95. The molecule has 1 aromatic heterocycles. The van der Waals surface area contributed by atoms with Crippen molar-refractivity contribution in [2.45, 2.75) is 28.2 Å².